The van der Waals surface area contributed by atoms with E-state index in [1.165, 1.54) is 24.1 Å². The highest BCUT2D eigenvalue weighted by molar-refractivity contribution is 5.54. The summed E-state index contributed by atoms with van der Waals surface area (Å²) in [5.41, 5.74) is 4.30. The average Bonchev–Trinajstić information content (AvgIpc) is 2.37. The number of nitrogens with zero attached hydrogens (tertiary/aromatic N) is 2. The maximum Gasteiger partial charge on any atom is 0.0445 e. The van der Waals surface area contributed by atoms with Gasteiger partial charge >= 0.3 is 0 Å². The van der Waals surface area contributed by atoms with Crippen LogP contribution in [-0.4, -0.2) is 24.1 Å². The molecule has 0 unspecified atom stereocenters. The van der Waals surface area contributed by atoms with E-state index in [1.54, 1.807) is 0 Å². The minimum atomic E-state index is 0.495. The van der Waals surface area contributed by atoms with E-state index in [2.05, 4.69) is 55.9 Å². The molecule has 1 saturated heterocycles. The molecule has 1 fully saturated rings. The van der Waals surface area contributed by atoms with E-state index in [9.17, 15) is 0 Å². The Bertz CT molecular complexity index is 442. The Morgan fingerprint density at radius 2 is 1.95 bits per heavy atom. The average molecular weight is 275 g/mol. The molecule has 0 radical (unpaired) electrons. The Labute approximate surface area is 123 Å². The fourth-order valence-corrected chi connectivity index (χ4v) is 2.67. The summed E-state index contributed by atoms with van der Waals surface area (Å²) in [5.74, 6) is 0. The van der Waals surface area contributed by atoms with Crippen LogP contribution in [0.5, 0.6) is 0 Å². The maximum absolute atomic E-state index is 4.47. The summed E-state index contributed by atoms with van der Waals surface area (Å²) in [6.07, 6.45) is 4.58. The van der Waals surface area contributed by atoms with Gasteiger partial charge < -0.3 is 10.2 Å². The van der Waals surface area contributed by atoms with E-state index in [0.29, 0.717) is 11.5 Å². The van der Waals surface area contributed by atoms with Crippen molar-refractivity contribution in [2.24, 2.45) is 5.41 Å². The highest BCUT2D eigenvalue weighted by Crippen LogP contribution is 2.33. The van der Waals surface area contributed by atoms with Crippen molar-refractivity contribution >= 4 is 5.69 Å². The Balaban J connectivity index is 2.15. The van der Waals surface area contributed by atoms with E-state index in [0.717, 1.165) is 25.3 Å². The third-order valence-corrected chi connectivity index (χ3v) is 4.26. The highest BCUT2D eigenvalue weighted by atomic mass is 15.1. The topological polar surface area (TPSA) is 28.2 Å². The third kappa shape index (κ3) is 3.95. The van der Waals surface area contributed by atoms with Crippen LogP contribution >= 0.6 is 0 Å². The van der Waals surface area contributed by atoms with Gasteiger partial charge in [-0.05, 0) is 31.2 Å². The molecule has 0 bridgehead atoms. The zero-order valence-corrected chi connectivity index (χ0v) is 13.7. The summed E-state index contributed by atoms with van der Waals surface area (Å²) in [4.78, 5) is 7.01. The molecule has 1 N–H and O–H groups in total. The summed E-state index contributed by atoms with van der Waals surface area (Å²) < 4.78 is 0. The van der Waals surface area contributed by atoms with Crippen LogP contribution in [0.1, 0.15) is 51.8 Å². The zero-order valence-electron chi connectivity index (χ0n) is 13.7. The van der Waals surface area contributed by atoms with Crippen molar-refractivity contribution in [2.45, 2.75) is 60.0 Å². The van der Waals surface area contributed by atoms with Crippen molar-refractivity contribution in [1.29, 1.82) is 0 Å². The SMILES string of the molecule is Cc1cc(N2CCC(C)(C)CC2)c(CNC(C)C)cn1. The first-order valence-electron chi connectivity index (χ1n) is 7.81. The lowest BCUT2D eigenvalue weighted by Crippen LogP contribution is -2.38. The molecule has 1 aromatic heterocycles. The fraction of sp³-hybridized carbons (Fsp3) is 0.706. The molecular weight excluding hydrogens is 246 g/mol. The molecule has 0 saturated carbocycles. The fourth-order valence-electron chi connectivity index (χ4n) is 2.67. The summed E-state index contributed by atoms with van der Waals surface area (Å²) in [6.45, 7) is 14.4. The third-order valence-electron chi connectivity index (χ3n) is 4.26. The van der Waals surface area contributed by atoms with Crippen LogP contribution in [0.3, 0.4) is 0 Å². The van der Waals surface area contributed by atoms with Crippen molar-refractivity contribution in [2.75, 3.05) is 18.0 Å². The van der Waals surface area contributed by atoms with E-state index < -0.39 is 0 Å². The van der Waals surface area contributed by atoms with Gasteiger partial charge in [0.05, 0.1) is 0 Å². The molecule has 3 heteroatoms. The quantitative estimate of drug-likeness (QED) is 0.911. The predicted octanol–water partition coefficient (Wildman–Crippen LogP) is 3.51. The number of aromatic nitrogens is 1. The first-order chi connectivity index (χ1) is 9.37. The Morgan fingerprint density at radius 1 is 1.30 bits per heavy atom. The van der Waals surface area contributed by atoms with Gasteiger partial charge in [-0.3, -0.25) is 4.98 Å². The maximum atomic E-state index is 4.47. The van der Waals surface area contributed by atoms with Crippen molar-refractivity contribution in [3.8, 4) is 0 Å². The first kappa shape index (κ1) is 15.3. The number of aryl methyl sites for hydroxylation is 1. The van der Waals surface area contributed by atoms with Crippen molar-refractivity contribution in [3.05, 3.63) is 23.5 Å². The predicted molar refractivity (Wildman–Crippen MR) is 86.2 cm³/mol. The van der Waals surface area contributed by atoms with Gasteiger partial charge in [-0.1, -0.05) is 27.7 Å². The number of hydrogen-bond acceptors (Lipinski definition) is 3. The monoisotopic (exact) mass is 275 g/mol. The van der Waals surface area contributed by atoms with E-state index in [1.807, 2.05) is 6.20 Å². The largest absolute Gasteiger partial charge is 0.371 e. The molecule has 0 aromatic carbocycles. The van der Waals surface area contributed by atoms with Gasteiger partial charge in [0.2, 0.25) is 0 Å². The van der Waals surface area contributed by atoms with Gasteiger partial charge in [-0.2, -0.15) is 0 Å². The lowest BCUT2D eigenvalue weighted by Gasteiger charge is -2.39. The molecule has 112 valence electrons. The molecular formula is C17H29N3. The number of piperidine rings is 1. The lowest BCUT2D eigenvalue weighted by molar-refractivity contribution is 0.279. The highest BCUT2D eigenvalue weighted by Gasteiger charge is 2.26. The number of nitrogens with one attached hydrogen (secondary N) is 1. The normalized spacial score (nSPS) is 18.6. The zero-order chi connectivity index (χ0) is 14.8. The summed E-state index contributed by atoms with van der Waals surface area (Å²) >= 11 is 0. The van der Waals surface area contributed by atoms with Crippen LogP contribution in [-0.2, 0) is 6.54 Å². The molecule has 2 heterocycles. The minimum Gasteiger partial charge on any atom is -0.371 e. The Kier molecular flexibility index (Phi) is 4.69. The molecule has 2 rings (SSSR count). The molecule has 0 aliphatic carbocycles. The van der Waals surface area contributed by atoms with Crippen LogP contribution in [0.25, 0.3) is 0 Å². The van der Waals surface area contributed by atoms with Gasteiger partial charge in [0.1, 0.15) is 0 Å². The summed E-state index contributed by atoms with van der Waals surface area (Å²) in [7, 11) is 0. The number of rotatable bonds is 4. The Morgan fingerprint density at radius 3 is 2.55 bits per heavy atom. The van der Waals surface area contributed by atoms with E-state index in [4.69, 9.17) is 0 Å². The van der Waals surface area contributed by atoms with Crippen molar-refractivity contribution in [1.82, 2.24) is 10.3 Å². The number of pyridine rings is 1. The van der Waals surface area contributed by atoms with Crippen molar-refractivity contribution in [3.63, 3.8) is 0 Å². The van der Waals surface area contributed by atoms with Crippen LogP contribution in [0, 0.1) is 12.3 Å². The minimum absolute atomic E-state index is 0.495. The molecule has 3 nitrogen and oxygen atoms in total. The lowest BCUT2D eigenvalue weighted by atomic mass is 9.82. The summed E-state index contributed by atoms with van der Waals surface area (Å²) in [6, 6.07) is 2.75. The molecule has 20 heavy (non-hydrogen) atoms. The number of hydrogen-bond donors (Lipinski definition) is 1. The molecule has 0 atom stereocenters. The smallest absolute Gasteiger partial charge is 0.0445 e. The molecule has 0 amide bonds. The van der Waals surface area contributed by atoms with Crippen molar-refractivity contribution < 1.29 is 0 Å². The Hall–Kier alpha value is -1.09. The second-order valence-corrected chi connectivity index (χ2v) is 7.14. The van der Waals surface area contributed by atoms with Gasteiger partial charge in [-0.25, -0.2) is 0 Å². The first-order valence-corrected chi connectivity index (χ1v) is 7.81. The van der Waals surface area contributed by atoms with E-state index in [-0.39, 0.29) is 0 Å². The molecule has 1 aromatic rings. The number of anilines is 1. The van der Waals surface area contributed by atoms with Crippen LogP contribution in [0.2, 0.25) is 0 Å². The van der Waals surface area contributed by atoms with E-state index >= 15 is 0 Å². The van der Waals surface area contributed by atoms with Crippen LogP contribution < -0.4 is 10.2 Å². The van der Waals surface area contributed by atoms with Gasteiger partial charge in [-0.15, -0.1) is 0 Å². The molecule has 0 spiro atoms. The molecule has 1 aliphatic heterocycles. The van der Waals surface area contributed by atoms with Crippen LogP contribution in [0.4, 0.5) is 5.69 Å². The summed E-state index contributed by atoms with van der Waals surface area (Å²) in [5, 5.41) is 3.51. The van der Waals surface area contributed by atoms with Gasteiger partial charge in [0.15, 0.2) is 0 Å². The van der Waals surface area contributed by atoms with Crippen LogP contribution in [0.15, 0.2) is 12.3 Å². The second kappa shape index (κ2) is 6.13. The standard InChI is InChI=1S/C17H29N3/c1-13(2)18-11-15-12-19-14(3)10-16(15)20-8-6-17(4,5)7-9-20/h10,12-13,18H,6-9,11H2,1-5H3. The van der Waals surface area contributed by atoms with Gasteiger partial charge in [0.25, 0.3) is 0 Å². The molecule has 1 aliphatic rings. The second-order valence-electron chi connectivity index (χ2n) is 7.14. The van der Waals surface area contributed by atoms with Gasteiger partial charge in [0, 0.05) is 48.8 Å².